The van der Waals surface area contributed by atoms with Crippen molar-refractivity contribution in [3.63, 3.8) is 0 Å². The molecule has 4 rings (SSSR count). The van der Waals surface area contributed by atoms with Crippen molar-refractivity contribution in [1.82, 2.24) is 15.1 Å². The first-order chi connectivity index (χ1) is 14.7. The molecular formula is C23H21F2N3O3. The van der Waals surface area contributed by atoms with E-state index < -0.39 is 23.1 Å². The van der Waals surface area contributed by atoms with Crippen molar-refractivity contribution in [2.24, 2.45) is 0 Å². The van der Waals surface area contributed by atoms with Crippen LogP contribution in [-0.4, -0.2) is 26.4 Å². The molecule has 1 aliphatic rings. The fourth-order valence-corrected chi connectivity index (χ4v) is 3.56. The molecule has 3 aromatic rings. The van der Waals surface area contributed by atoms with E-state index in [0.29, 0.717) is 18.5 Å². The number of hydrogen-bond donors (Lipinski definition) is 2. The van der Waals surface area contributed by atoms with Crippen LogP contribution in [-0.2, 0) is 6.42 Å². The summed E-state index contributed by atoms with van der Waals surface area (Å²) in [6.45, 7) is 3.10. The Morgan fingerprint density at radius 1 is 1.29 bits per heavy atom. The lowest BCUT2D eigenvalue weighted by molar-refractivity contribution is 0.0904. The van der Waals surface area contributed by atoms with Crippen LogP contribution >= 0.6 is 0 Å². The van der Waals surface area contributed by atoms with Gasteiger partial charge in [-0.05, 0) is 63.3 Å². The first-order valence-corrected chi connectivity index (χ1v) is 9.89. The lowest BCUT2D eigenvalue weighted by Crippen LogP contribution is -2.30. The van der Waals surface area contributed by atoms with Gasteiger partial charge in [0.15, 0.2) is 11.5 Å². The molecule has 2 aromatic heterocycles. The van der Waals surface area contributed by atoms with Crippen molar-refractivity contribution in [2.75, 3.05) is 0 Å². The molecule has 0 bridgehead atoms. The summed E-state index contributed by atoms with van der Waals surface area (Å²) in [6.07, 6.45) is 3.78. The number of amides is 1. The Morgan fingerprint density at radius 2 is 2.03 bits per heavy atom. The van der Waals surface area contributed by atoms with Crippen LogP contribution in [0.5, 0.6) is 0 Å². The predicted octanol–water partition coefficient (Wildman–Crippen LogP) is 3.67. The highest BCUT2D eigenvalue weighted by Crippen LogP contribution is 2.31. The Labute approximate surface area is 177 Å². The van der Waals surface area contributed by atoms with Crippen LogP contribution < -0.4 is 5.32 Å². The molecule has 160 valence electrons. The van der Waals surface area contributed by atoms with Crippen LogP contribution in [0.3, 0.4) is 0 Å². The monoisotopic (exact) mass is 425 g/mol. The Hall–Kier alpha value is -3.44. The Balaban J connectivity index is 1.54. The number of furan rings is 1. The minimum absolute atomic E-state index is 0.103. The molecule has 6 nitrogen and oxygen atoms in total. The van der Waals surface area contributed by atoms with Gasteiger partial charge in [-0.2, -0.15) is 5.10 Å². The van der Waals surface area contributed by atoms with Crippen molar-refractivity contribution in [1.29, 1.82) is 0 Å². The number of benzene rings is 1. The quantitative estimate of drug-likeness (QED) is 0.628. The molecule has 0 saturated heterocycles. The summed E-state index contributed by atoms with van der Waals surface area (Å²) in [5.74, 6) is 3.93. The number of rotatable bonds is 3. The summed E-state index contributed by atoms with van der Waals surface area (Å²) in [4.78, 5) is 12.7. The molecule has 1 aliphatic carbocycles. The number of aliphatic hydroxyl groups is 1. The maximum Gasteiger partial charge on any atom is 0.287 e. The van der Waals surface area contributed by atoms with Gasteiger partial charge in [-0.25, -0.2) is 13.5 Å². The van der Waals surface area contributed by atoms with Gasteiger partial charge in [-0.15, -0.1) is 0 Å². The molecule has 31 heavy (non-hydrogen) atoms. The molecule has 1 amide bonds. The van der Waals surface area contributed by atoms with Gasteiger partial charge >= 0.3 is 0 Å². The summed E-state index contributed by atoms with van der Waals surface area (Å²) < 4.78 is 34.3. The molecule has 0 aliphatic heterocycles. The Morgan fingerprint density at radius 3 is 2.74 bits per heavy atom. The van der Waals surface area contributed by atoms with E-state index >= 15 is 0 Å². The predicted molar refractivity (Wildman–Crippen MR) is 109 cm³/mol. The molecular weight excluding hydrogens is 404 g/mol. The minimum atomic E-state index is -1.17. The fraction of sp³-hybridized carbons (Fsp3) is 0.304. The molecule has 1 aromatic carbocycles. The van der Waals surface area contributed by atoms with Crippen LogP contribution in [0.15, 0.2) is 40.9 Å². The number of fused-ring (bicyclic) bond motifs is 1. The molecule has 2 N–H and O–H groups in total. The smallest absolute Gasteiger partial charge is 0.287 e. The van der Waals surface area contributed by atoms with E-state index in [9.17, 15) is 18.7 Å². The van der Waals surface area contributed by atoms with Gasteiger partial charge in [0.05, 0.1) is 17.9 Å². The van der Waals surface area contributed by atoms with Crippen LogP contribution in [0.2, 0.25) is 0 Å². The number of halogens is 2. The third-order valence-electron chi connectivity index (χ3n) is 4.90. The van der Waals surface area contributed by atoms with E-state index in [0.717, 1.165) is 23.7 Å². The van der Waals surface area contributed by atoms with Crippen molar-refractivity contribution in [3.8, 4) is 17.5 Å². The third kappa shape index (κ3) is 4.67. The lowest BCUT2D eigenvalue weighted by atomic mass is 9.92. The molecule has 1 atom stereocenters. The number of carbonyl (C=O) groups is 1. The first kappa shape index (κ1) is 20.8. The standard InChI is InChI=1S/C23H21F2N3O3/c1-23(2,30)9-8-17-6-7-21(31-17)22(29)27-19-4-3-5-20-18(19)13-26-28(20)16-11-14(24)10-15(25)12-16/h6-7,10-13,19,30H,3-5H2,1-2H3,(H,27,29)/t19-/m0/s1. The normalized spacial score (nSPS) is 15.7. The van der Waals surface area contributed by atoms with E-state index in [1.165, 1.54) is 22.9 Å². The van der Waals surface area contributed by atoms with Crippen LogP contribution in [0.1, 0.15) is 60.3 Å². The number of aromatic nitrogens is 2. The zero-order valence-electron chi connectivity index (χ0n) is 17.1. The van der Waals surface area contributed by atoms with Gasteiger partial charge in [-0.3, -0.25) is 4.79 Å². The van der Waals surface area contributed by atoms with Crippen molar-refractivity contribution in [2.45, 2.75) is 44.8 Å². The molecule has 0 radical (unpaired) electrons. The van der Waals surface area contributed by atoms with Gasteiger partial charge < -0.3 is 14.8 Å². The summed E-state index contributed by atoms with van der Waals surface area (Å²) in [6, 6.07) is 6.03. The summed E-state index contributed by atoms with van der Waals surface area (Å²) in [5.41, 5.74) is 0.737. The second-order valence-corrected chi connectivity index (χ2v) is 7.98. The van der Waals surface area contributed by atoms with Crippen molar-refractivity contribution in [3.05, 3.63) is 70.9 Å². The van der Waals surface area contributed by atoms with E-state index in [-0.39, 0.29) is 17.6 Å². The molecule has 0 fully saturated rings. The van der Waals surface area contributed by atoms with E-state index in [1.807, 2.05) is 0 Å². The fourth-order valence-electron chi connectivity index (χ4n) is 3.56. The third-order valence-corrected chi connectivity index (χ3v) is 4.90. The molecule has 0 saturated carbocycles. The maximum atomic E-state index is 13.6. The molecule has 0 spiro atoms. The zero-order valence-corrected chi connectivity index (χ0v) is 17.1. The number of nitrogens with one attached hydrogen (secondary N) is 1. The minimum Gasteiger partial charge on any atom is -0.443 e. The number of carbonyl (C=O) groups excluding carboxylic acids is 1. The summed E-state index contributed by atoms with van der Waals surface area (Å²) in [5, 5.41) is 16.9. The highest BCUT2D eigenvalue weighted by Gasteiger charge is 2.27. The van der Waals surface area contributed by atoms with Crippen molar-refractivity contribution < 1.29 is 23.1 Å². The second kappa shape index (κ2) is 8.00. The average molecular weight is 425 g/mol. The number of nitrogens with zero attached hydrogens (tertiary/aromatic N) is 2. The second-order valence-electron chi connectivity index (χ2n) is 7.98. The van der Waals surface area contributed by atoms with Crippen LogP contribution in [0.4, 0.5) is 8.78 Å². The zero-order chi connectivity index (χ0) is 22.2. The Kier molecular flexibility index (Phi) is 5.38. The average Bonchev–Trinajstić information content (AvgIpc) is 3.33. The van der Waals surface area contributed by atoms with E-state index in [2.05, 4.69) is 22.3 Å². The van der Waals surface area contributed by atoms with Crippen LogP contribution in [0.25, 0.3) is 5.69 Å². The Bertz CT molecular complexity index is 1170. The summed E-state index contributed by atoms with van der Waals surface area (Å²) >= 11 is 0. The summed E-state index contributed by atoms with van der Waals surface area (Å²) in [7, 11) is 0. The van der Waals surface area contributed by atoms with Crippen LogP contribution in [0, 0.1) is 23.5 Å². The highest BCUT2D eigenvalue weighted by atomic mass is 19.1. The maximum absolute atomic E-state index is 13.6. The van der Waals surface area contributed by atoms with Gasteiger partial charge in [0.25, 0.3) is 5.91 Å². The topological polar surface area (TPSA) is 80.3 Å². The van der Waals surface area contributed by atoms with Gasteiger partial charge in [0.1, 0.15) is 17.2 Å². The van der Waals surface area contributed by atoms with E-state index in [4.69, 9.17) is 4.42 Å². The number of hydrogen-bond acceptors (Lipinski definition) is 4. The van der Waals surface area contributed by atoms with Gasteiger partial charge in [0, 0.05) is 17.3 Å². The largest absolute Gasteiger partial charge is 0.443 e. The van der Waals surface area contributed by atoms with E-state index in [1.54, 1.807) is 26.1 Å². The SMILES string of the molecule is CC(C)(O)C#Cc1ccc(C(=O)N[C@H]2CCCc3c2cnn3-c2cc(F)cc(F)c2)o1. The molecule has 2 heterocycles. The molecule has 0 unspecified atom stereocenters. The molecule has 8 heteroatoms. The lowest BCUT2D eigenvalue weighted by Gasteiger charge is -2.24. The van der Waals surface area contributed by atoms with Crippen molar-refractivity contribution >= 4 is 5.91 Å². The first-order valence-electron chi connectivity index (χ1n) is 9.89. The highest BCUT2D eigenvalue weighted by molar-refractivity contribution is 5.91. The van der Waals surface area contributed by atoms with Gasteiger partial charge in [-0.1, -0.05) is 5.92 Å². The van der Waals surface area contributed by atoms with Gasteiger partial charge in [0.2, 0.25) is 0 Å².